The zero-order chi connectivity index (χ0) is 14.5. The Bertz CT molecular complexity index is 566. The Balaban J connectivity index is 2.07. The Hall–Kier alpha value is -2.01. The highest BCUT2D eigenvalue weighted by atomic mass is 16.5. The summed E-state index contributed by atoms with van der Waals surface area (Å²) in [6.07, 6.45) is 1.72. The molecular formula is C15H20N2O3. The minimum atomic E-state index is 0.0274. The molecule has 1 aromatic heterocycles. The molecule has 0 amide bonds. The summed E-state index contributed by atoms with van der Waals surface area (Å²) in [4.78, 5) is 4.22. The number of methoxy groups -OCH3 is 2. The van der Waals surface area contributed by atoms with Gasteiger partial charge in [-0.15, -0.1) is 0 Å². The van der Waals surface area contributed by atoms with Gasteiger partial charge in [-0.1, -0.05) is 12.1 Å². The standard InChI is InChI=1S/C15H20N2O3/c1-10-8-17-15(20-10)11(2)16-9-12-6-5-7-13(18-3)14(12)19-4/h5-8,11,16H,9H2,1-4H3. The lowest BCUT2D eigenvalue weighted by molar-refractivity contribution is 0.348. The van der Waals surface area contributed by atoms with Gasteiger partial charge >= 0.3 is 0 Å². The Kier molecular flexibility index (Phi) is 4.63. The molecule has 1 heterocycles. The molecular weight excluding hydrogens is 256 g/mol. The van der Waals surface area contributed by atoms with Crippen LogP contribution in [0, 0.1) is 6.92 Å². The van der Waals surface area contributed by atoms with Crippen molar-refractivity contribution < 1.29 is 13.9 Å². The fourth-order valence-electron chi connectivity index (χ4n) is 2.02. The summed E-state index contributed by atoms with van der Waals surface area (Å²) in [6, 6.07) is 5.85. The zero-order valence-electron chi connectivity index (χ0n) is 12.3. The van der Waals surface area contributed by atoms with Gasteiger partial charge < -0.3 is 19.2 Å². The van der Waals surface area contributed by atoms with E-state index in [0.29, 0.717) is 12.4 Å². The van der Waals surface area contributed by atoms with Gasteiger partial charge in [-0.25, -0.2) is 4.98 Å². The van der Waals surface area contributed by atoms with Crippen molar-refractivity contribution in [2.75, 3.05) is 14.2 Å². The van der Waals surface area contributed by atoms with E-state index in [2.05, 4.69) is 10.3 Å². The van der Waals surface area contributed by atoms with E-state index in [9.17, 15) is 0 Å². The lowest BCUT2D eigenvalue weighted by atomic mass is 10.1. The van der Waals surface area contributed by atoms with Crippen molar-refractivity contribution in [2.24, 2.45) is 0 Å². The van der Waals surface area contributed by atoms with E-state index in [1.54, 1.807) is 20.4 Å². The van der Waals surface area contributed by atoms with Crippen molar-refractivity contribution in [2.45, 2.75) is 26.4 Å². The second-order valence-corrected chi connectivity index (χ2v) is 4.56. The Morgan fingerprint density at radius 3 is 2.70 bits per heavy atom. The third-order valence-electron chi connectivity index (χ3n) is 3.09. The Morgan fingerprint density at radius 1 is 1.30 bits per heavy atom. The van der Waals surface area contributed by atoms with Crippen LogP contribution in [0.5, 0.6) is 11.5 Å². The minimum Gasteiger partial charge on any atom is -0.493 e. The van der Waals surface area contributed by atoms with Crippen LogP contribution in [0.15, 0.2) is 28.8 Å². The van der Waals surface area contributed by atoms with E-state index in [4.69, 9.17) is 13.9 Å². The van der Waals surface area contributed by atoms with Crippen LogP contribution < -0.4 is 14.8 Å². The summed E-state index contributed by atoms with van der Waals surface area (Å²) < 4.78 is 16.2. The molecule has 1 N–H and O–H groups in total. The zero-order valence-corrected chi connectivity index (χ0v) is 12.3. The van der Waals surface area contributed by atoms with Gasteiger partial charge in [0.1, 0.15) is 5.76 Å². The predicted octanol–water partition coefficient (Wildman–Crippen LogP) is 2.85. The number of benzene rings is 1. The number of aromatic nitrogens is 1. The van der Waals surface area contributed by atoms with Gasteiger partial charge in [-0.05, 0) is 19.9 Å². The summed E-state index contributed by atoms with van der Waals surface area (Å²) >= 11 is 0. The number of hydrogen-bond acceptors (Lipinski definition) is 5. The molecule has 0 fully saturated rings. The fourth-order valence-corrected chi connectivity index (χ4v) is 2.02. The molecule has 0 radical (unpaired) electrons. The highest BCUT2D eigenvalue weighted by Crippen LogP contribution is 2.30. The molecule has 0 aliphatic carbocycles. The first-order chi connectivity index (χ1) is 9.65. The molecule has 1 atom stereocenters. The highest BCUT2D eigenvalue weighted by molar-refractivity contribution is 5.46. The van der Waals surface area contributed by atoms with Crippen molar-refractivity contribution in [3.8, 4) is 11.5 Å². The fraction of sp³-hybridized carbons (Fsp3) is 0.400. The van der Waals surface area contributed by atoms with E-state index in [1.165, 1.54) is 0 Å². The number of ether oxygens (including phenoxy) is 2. The Labute approximate surface area is 118 Å². The van der Waals surface area contributed by atoms with Crippen molar-refractivity contribution in [1.82, 2.24) is 10.3 Å². The lowest BCUT2D eigenvalue weighted by Gasteiger charge is -2.15. The van der Waals surface area contributed by atoms with Crippen LogP contribution >= 0.6 is 0 Å². The molecule has 2 aromatic rings. The topological polar surface area (TPSA) is 56.5 Å². The van der Waals surface area contributed by atoms with Crippen molar-refractivity contribution in [3.63, 3.8) is 0 Å². The molecule has 0 saturated heterocycles. The first kappa shape index (κ1) is 14.4. The van der Waals surface area contributed by atoms with Crippen molar-refractivity contribution in [1.29, 1.82) is 0 Å². The van der Waals surface area contributed by atoms with Gasteiger partial charge in [0.25, 0.3) is 0 Å². The molecule has 0 spiro atoms. The molecule has 2 rings (SSSR count). The molecule has 0 aliphatic rings. The number of hydrogen-bond donors (Lipinski definition) is 1. The van der Waals surface area contributed by atoms with E-state index in [0.717, 1.165) is 22.8 Å². The predicted molar refractivity (Wildman–Crippen MR) is 76.0 cm³/mol. The lowest BCUT2D eigenvalue weighted by Crippen LogP contribution is -2.18. The van der Waals surface area contributed by atoms with E-state index in [1.807, 2.05) is 32.0 Å². The number of nitrogens with one attached hydrogen (secondary N) is 1. The van der Waals surface area contributed by atoms with Crippen LogP contribution in [0.1, 0.15) is 30.2 Å². The van der Waals surface area contributed by atoms with E-state index < -0.39 is 0 Å². The molecule has 5 nitrogen and oxygen atoms in total. The van der Waals surface area contributed by atoms with Gasteiger partial charge in [0.2, 0.25) is 5.89 Å². The van der Waals surface area contributed by atoms with Gasteiger partial charge in [0.15, 0.2) is 11.5 Å². The number of aryl methyl sites for hydroxylation is 1. The minimum absolute atomic E-state index is 0.0274. The number of oxazole rings is 1. The quantitative estimate of drug-likeness (QED) is 0.879. The number of para-hydroxylation sites is 1. The molecule has 20 heavy (non-hydrogen) atoms. The average molecular weight is 276 g/mol. The summed E-state index contributed by atoms with van der Waals surface area (Å²) in [5.41, 5.74) is 1.03. The van der Waals surface area contributed by atoms with Crippen LogP contribution in [0.2, 0.25) is 0 Å². The third kappa shape index (κ3) is 3.11. The smallest absolute Gasteiger partial charge is 0.211 e. The van der Waals surface area contributed by atoms with Crippen LogP contribution in [0.4, 0.5) is 0 Å². The van der Waals surface area contributed by atoms with Crippen LogP contribution in [-0.2, 0) is 6.54 Å². The maximum absolute atomic E-state index is 5.51. The summed E-state index contributed by atoms with van der Waals surface area (Å²) in [5, 5.41) is 3.36. The molecule has 0 aliphatic heterocycles. The van der Waals surface area contributed by atoms with Crippen molar-refractivity contribution in [3.05, 3.63) is 41.6 Å². The SMILES string of the molecule is COc1cccc(CNC(C)c2ncc(C)o2)c1OC. The van der Waals surface area contributed by atoms with Gasteiger partial charge in [-0.3, -0.25) is 0 Å². The number of nitrogens with zero attached hydrogens (tertiary/aromatic N) is 1. The summed E-state index contributed by atoms with van der Waals surface area (Å²) in [7, 11) is 3.27. The first-order valence-electron chi connectivity index (χ1n) is 6.51. The molecule has 5 heteroatoms. The molecule has 1 unspecified atom stereocenters. The number of rotatable bonds is 6. The largest absolute Gasteiger partial charge is 0.493 e. The third-order valence-corrected chi connectivity index (χ3v) is 3.09. The summed E-state index contributed by atoms with van der Waals surface area (Å²) in [5.74, 6) is 2.97. The van der Waals surface area contributed by atoms with E-state index >= 15 is 0 Å². The van der Waals surface area contributed by atoms with Gasteiger partial charge in [-0.2, -0.15) is 0 Å². The monoisotopic (exact) mass is 276 g/mol. The molecule has 0 bridgehead atoms. The molecule has 108 valence electrons. The van der Waals surface area contributed by atoms with Gasteiger partial charge in [0.05, 0.1) is 26.5 Å². The van der Waals surface area contributed by atoms with Crippen LogP contribution in [-0.4, -0.2) is 19.2 Å². The maximum Gasteiger partial charge on any atom is 0.211 e. The molecule has 1 aromatic carbocycles. The highest BCUT2D eigenvalue weighted by Gasteiger charge is 2.13. The van der Waals surface area contributed by atoms with Crippen molar-refractivity contribution >= 4 is 0 Å². The molecule has 0 saturated carbocycles. The van der Waals surface area contributed by atoms with Crippen LogP contribution in [0.25, 0.3) is 0 Å². The van der Waals surface area contributed by atoms with Gasteiger partial charge in [0, 0.05) is 12.1 Å². The Morgan fingerprint density at radius 2 is 2.10 bits per heavy atom. The summed E-state index contributed by atoms with van der Waals surface area (Å²) in [6.45, 7) is 4.54. The average Bonchev–Trinajstić information content (AvgIpc) is 2.90. The second kappa shape index (κ2) is 6.43. The second-order valence-electron chi connectivity index (χ2n) is 4.56. The normalized spacial score (nSPS) is 12.2. The maximum atomic E-state index is 5.51. The van der Waals surface area contributed by atoms with Crippen LogP contribution in [0.3, 0.4) is 0 Å². The first-order valence-corrected chi connectivity index (χ1v) is 6.51. The van der Waals surface area contributed by atoms with E-state index in [-0.39, 0.29) is 6.04 Å².